The number of aromatic nitrogens is 1. The van der Waals surface area contributed by atoms with Crippen molar-refractivity contribution in [2.45, 2.75) is 12.5 Å². The van der Waals surface area contributed by atoms with E-state index < -0.39 is 6.10 Å². The number of pyridine rings is 1. The van der Waals surface area contributed by atoms with Crippen LogP contribution >= 0.6 is 11.6 Å². The average molecular weight is 282 g/mol. The molecule has 3 nitrogen and oxygen atoms in total. The topological polar surface area (TPSA) is 42.4 Å². The first-order valence-corrected chi connectivity index (χ1v) is 6.11. The number of rotatable bonds is 4. The second kappa shape index (κ2) is 5.99. The molecule has 1 aromatic carbocycles. The Hall–Kier alpha value is -1.65. The van der Waals surface area contributed by atoms with Gasteiger partial charge in [-0.2, -0.15) is 0 Å². The van der Waals surface area contributed by atoms with Crippen molar-refractivity contribution in [1.29, 1.82) is 0 Å². The molecule has 0 amide bonds. The molecule has 0 saturated carbocycles. The third-order valence-electron chi connectivity index (χ3n) is 2.72. The number of nitrogens with zero attached hydrogens (tertiary/aromatic N) is 1. The Balaban J connectivity index is 2.20. The Morgan fingerprint density at radius 1 is 1.37 bits per heavy atom. The van der Waals surface area contributed by atoms with Crippen LogP contribution in [0.15, 0.2) is 36.4 Å². The summed E-state index contributed by atoms with van der Waals surface area (Å²) in [7, 11) is 1.50. The Labute approximate surface area is 115 Å². The predicted octanol–water partition coefficient (Wildman–Crippen LogP) is 3.16. The maximum absolute atomic E-state index is 13.1. The van der Waals surface area contributed by atoms with Gasteiger partial charge in [0, 0.05) is 17.5 Å². The molecule has 5 heteroatoms. The molecule has 1 heterocycles. The lowest BCUT2D eigenvalue weighted by atomic mass is 10.0. The Morgan fingerprint density at radius 3 is 2.89 bits per heavy atom. The second-order valence-electron chi connectivity index (χ2n) is 4.06. The van der Waals surface area contributed by atoms with Gasteiger partial charge in [-0.1, -0.05) is 17.7 Å². The zero-order valence-corrected chi connectivity index (χ0v) is 11.1. The van der Waals surface area contributed by atoms with Gasteiger partial charge in [-0.15, -0.1) is 0 Å². The maximum atomic E-state index is 13.1. The zero-order chi connectivity index (χ0) is 13.8. The van der Waals surface area contributed by atoms with E-state index in [1.807, 2.05) is 0 Å². The molecule has 0 fully saturated rings. The molecule has 2 aromatic rings. The fourth-order valence-electron chi connectivity index (χ4n) is 1.74. The molecular formula is C14H13ClFNO2. The van der Waals surface area contributed by atoms with E-state index in [1.165, 1.54) is 25.3 Å². The summed E-state index contributed by atoms with van der Waals surface area (Å²) in [6, 6.07) is 9.16. The quantitative estimate of drug-likeness (QED) is 0.936. The Kier molecular flexibility index (Phi) is 4.35. The molecular weight excluding hydrogens is 269 g/mol. The van der Waals surface area contributed by atoms with Crippen molar-refractivity contribution in [3.63, 3.8) is 0 Å². The van der Waals surface area contributed by atoms with Gasteiger partial charge in [-0.25, -0.2) is 9.37 Å². The van der Waals surface area contributed by atoms with Crippen LogP contribution in [0.5, 0.6) is 5.88 Å². The largest absolute Gasteiger partial charge is 0.481 e. The van der Waals surface area contributed by atoms with Crippen LogP contribution in [-0.2, 0) is 6.42 Å². The van der Waals surface area contributed by atoms with Gasteiger partial charge in [0.2, 0.25) is 5.88 Å². The lowest BCUT2D eigenvalue weighted by molar-refractivity contribution is 0.172. The van der Waals surface area contributed by atoms with Gasteiger partial charge in [0.05, 0.1) is 12.8 Å². The van der Waals surface area contributed by atoms with Gasteiger partial charge >= 0.3 is 0 Å². The molecule has 0 saturated heterocycles. The zero-order valence-electron chi connectivity index (χ0n) is 10.3. The summed E-state index contributed by atoms with van der Waals surface area (Å²) in [4.78, 5) is 4.13. The van der Waals surface area contributed by atoms with E-state index in [0.29, 0.717) is 22.2 Å². The van der Waals surface area contributed by atoms with Crippen LogP contribution in [0.4, 0.5) is 4.39 Å². The van der Waals surface area contributed by atoms with Crippen LogP contribution in [0.1, 0.15) is 17.4 Å². The molecule has 0 aliphatic heterocycles. The van der Waals surface area contributed by atoms with E-state index in [0.717, 1.165) is 0 Å². The van der Waals surface area contributed by atoms with Gasteiger partial charge in [0.25, 0.3) is 0 Å². The molecule has 2 rings (SSSR count). The van der Waals surface area contributed by atoms with E-state index in [2.05, 4.69) is 4.98 Å². The Morgan fingerprint density at radius 2 is 2.16 bits per heavy atom. The fraction of sp³-hybridized carbons (Fsp3) is 0.214. The highest BCUT2D eigenvalue weighted by atomic mass is 35.5. The summed E-state index contributed by atoms with van der Waals surface area (Å²) < 4.78 is 18.1. The predicted molar refractivity (Wildman–Crippen MR) is 70.9 cm³/mol. The first kappa shape index (κ1) is 13.8. The lowest BCUT2D eigenvalue weighted by Gasteiger charge is -2.12. The van der Waals surface area contributed by atoms with Crippen molar-refractivity contribution in [2.24, 2.45) is 0 Å². The lowest BCUT2D eigenvalue weighted by Crippen LogP contribution is -2.05. The van der Waals surface area contributed by atoms with Crippen LogP contribution in [-0.4, -0.2) is 17.2 Å². The summed E-state index contributed by atoms with van der Waals surface area (Å²) in [5, 5.41) is 10.5. The molecule has 0 radical (unpaired) electrons. The number of halogens is 2. The third kappa shape index (κ3) is 3.43. The van der Waals surface area contributed by atoms with Gasteiger partial charge < -0.3 is 9.84 Å². The maximum Gasteiger partial charge on any atom is 0.213 e. The van der Waals surface area contributed by atoms with Crippen molar-refractivity contribution in [2.75, 3.05) is 7.11 Å². The summed E-state index contributed by atoms with van der Waals surface area (Å²) in [5.74, 6) is 0.0343. The molecule has 0 aliphatic carbocycles. The van der Waals surface area contributed by atoms with Gasteiger partial charge in [0.1, 0.15) is 11.9 Å². The van der Waals surface area contributed by atoms with E-state index in [1.54, 1.807) is 18.2 Å². The van der Waals surface area contributed by atoms with E-state index in [9.17, 15) is 9.50 Å². The molecule has 0 spiro atoms. The molecule has 1 unspecified atom stereocenters. The normalized spacial score (nSPS) is 12.2. The molecule has 0 bridgehead atoms. The van der Waals surface area contributed by atoms with Crippen molar-refractivity contribution in [1.82, 2.24) is 4.98 Å². The third-order valence-corrected chi connectivity index (χ3v) is 3.09. The number of ether oxygens (including phenoxy) is 1. The van der Waals surface area contributed by atoms with E-state index in [4.69, 9.17) is 16.3 Å². The highest BCUT2D eigenvalue weighted by molar-refractivity contribution is 6.31. The minimum atomic E-state index is -0.866. The highest BCUT2D eigenvalue weighted by Crippen LogP contribution is 2.24. The van der Waals surface area contributed by atoms with Crippen LogP contribution in [0.2, 0.25) is 5.02 Å². The number of methoxy groups -OCH3 is 1. The molecule has 1 aromatic heterocycles. The second-order valence-corrected chi connectivity index (χ2v) is 4.47. The monoisotopic (exact) mass is 281 g/mol. The minimum Gasteiger partial charge on any atom is -0.481 e. The summed E-state index contributed by atoms with van der Waals surface area (Å²) in [5.41, 5.74) is 0.999. The SMILES string of the molecule is COc1cccc(C(O)Cc2cc(F)ccc2Cl)n1. The first-order chi connectivity index (χ1) is 9.10. The molecule has 100 valence electrons. The minimum absolute atomic E-state index is 0.191. The summed E-state index contributed by atoms with van der Waals surface area (Å²) >= 11 is 5.96. The number of aliphatic hydroxyl groups excluding tert-OH is 1. The van der Waals surface area contributed by atoms with E-state index in [-0.39, 0.29) is 12.2 Å². The number of aliphatic hydroxyl groups is 1. The van der Waals surface area contributed by atoms with Crippen molar-refractivity contribution in [3.05, 3.63) is 58.5 Å². The van der Waals surface area contributed by atoms with Crippen molar-refractivity contribution >= 4 is 11.6 Å². The standard InChI is InChI=1S/C14H13ClFNO2/c1-19-14-4-2-3-12(17-14)13(18)8-9-7-10(16)5-6-11(9)15/h2-7,13,18H,8H2,1H3. The van der Waals surface area contributed by atoms with Gasteiger partial charge in [-0.3, -0.25) is 0 Å². The molecule has 1 atom stereocenters. The number of benzene rings is 1. The summed E-state index contributed by atoms with van der Waals surface area (Å²) in [6.07, 6.45) is -0.675. The van der Waals surface area contributed by atoms with Crippen molar-refractivity contribution in [3.8, 4) is 5.88 Å². The summed E-state index contributed by atoms with van der Waals surface area (Å²) in [6.45, 7) is 0. The molecule has 19 heavy (non-hydrogen) atoms. The average Bonchev–Trinajstić information content (AvgIpc) is 2.43. The van der Waals surface area contributed by atoms with Gasteiger partial charge in [0.15, 0.2) is 0 Å². The van der Waals surface area contributed by atoms with Gasteiger partial charge in [-0.05, 0) is 29.8 Å². The fourth-order valence-corrected chi connectivity index (χ4v) is 1.94. The molecule has 0 aliphatic rings. The number of hydrogen-bond acceptors (Lipinski definition) is 3. The van der Waals surface area contributed by atoms with E-state index >= 15 is 0 Å². The first-order valence-electron chi connectivity index (χ1n) is 5.73. The smallest absolute Gasteiger partial charge is 0.213 e. The Bertz CT molecular complexity index is 577. The van der Waals surface area contributed by atoms with Crippen LogP contribution in [0.25, 0.3) is 0 Å². The van der Waals surface area contributed by atoms with Crippen molar-refractivity contribution < 1.29 is 14.2 Å². The van der Waals surface area contributed by atoms with Crippen LogP contribution in [0, 0.1) is 5.82 Å². The highest BCUT2D eigenvalue weighted by Gasteiger charge is 2.13. The van der Waals surface area contributed by atoms with Crippen LogP contribution < -0.4 is 4.74 Å². The molecule has 1 N–H and O–H groups in total. The van der Waals surface area contributed by atoms with Crippen LogP contribution in [0.3, 0.4) is 0 Å². The number of hydrogen-bond donors (Lipinski definition) is 1.